The van der Waals surface area contributed by atoms with Crippen LogP contribution in [0.15, 0.2) is 83.4 Å². The van der Waals surface area contributed by atoms with E-state index in [0.29, 0.717) is 44.3 Å². The molecule has 0 radical (unpaired) electrons. The molecule has 0 aliphatic carbocycles. The van der Waals surface area contributed by atoms with E-state index in [4.69, 9.17) is 9.26 Å². The maximum absolute atomic E-state index is 13.9. The molecule has 0 unspecified atom stereocenters. The summed E-state index contributed by atoms with van der Waals surface area (Å²) in [6, 6.07) is 26.4. The molecule has 3 aromatic carbocycles. The van der Waals surface area contributed by atoms with E-state index in [0.717, 1.165) is 28.1 Å². The summed E-state index contributed by atoms with van der Waals surface area (Å²) in [7, 11) is 0. The Kier molecular flexibility index (Phi) is 8.02. The van der Waals surface area contributed by atoms with E-state index in [-0.39, 0.29) is 24.3 Å². The molecule has 0 spiro atoms. The van der Waals surface area contributed by atoms with Crippen molar-refractivity contribution in [3.8, 4) is 5.75 Å². The van der Waals surface area contributed by atoms with Crippen LogP contribution in [0.4, 0.5) is 5.69 Å². The van der Waals surface area contributed by atoms with Crippen LogP contribution in [0.5, 0.6) is 5.75 Å². The second-order valence-electron chi connectivity index (χ2n) is 10.00. The van der Waals surface area contributed by atoms with Crippen molar-refractivity contribution >= 4 is 11.6 Å². The highest BCUT2D eigenvalue weighted by Crippen LogP contribution is 2.26. The van der Waals surface area contributed by atoms with Crippen LogP contribution in [0.3, 0.4) is 0 Å². The highest BCUT2D eigenvalue weighted by molar-refractivity contribution is 5.77. The Morgan fingerprint density at radius 2 is 1.74 bits per heavy atom. The summed E-state index contributed by atoms with van der Waals surface area (Å²) in [5.74, 6) is 2.19. The number of carbonyl (C=O) groups excluding carboxylic acids is 1. The molecular formula is C31H34N4O3. The Morgan fingerprint density at radius 3 is 2.53 bits per heavy atom. The van der Waals surface area contributed by atoms with Crippen LogP contribution in [0.2, 0.25) is 0 Å². The summed E-state index contributed by atoms with van der Waals surface area (Å²) in [5, 5.41) is 7.61. The van der Waals surface area contributed by atoms with E-state index in [1.165, 1.54) is 0 Å². The molecular weight excluding hydrogens is 476 g/mol. The lowest BCUT2D eigenvalue weighted by Gasteiger charge is -2.32. The van der Waals surface area contributed by atoms with Crippen molar-refractivity contribution in [2.24, 2.45) is 0 Å². The van der Waals surface area contributed by atoms with Crippen molar-refractivity contribution < 1.29 is 14.1 Å². The summed E-state index contributed by atoms with van der Waals surface area (Å²) >= 11 is 0. The molecule has 196 valence electrons. The standard InChI is InChI=1S/C31H34N4O3/c1-22(2)31-33-29(38-34-31)16-17-30(36)35-20-25-13-6-8-14-27(25)32-19-24-12-7-9-15-28(24)37-21-26(35)18-23-10-4-3-5-11-23/h3-15,22,26,32H,16-21H2,1-2H3/t26-/m0/s1. The van der Waals surface area contributed by atoms with Gasteiger partial charge in [-0.05, 0) is 29.7 Å². The molecule has 7 heteroatoms. The van der Waals surface area contributed by atoms with Gasteiger partial charge >= 0.3 is 0 Å². The van der Waals surface area contributed by atoms with Crippen molar-refractivity contribution in [1.82, 2.24) is 15.0 Å². The molecule has 0 bridgehead atoms. The van der Waals surface area contributed by atoms with Crippen molar-refractivity contribution in [2.75, 3.05) is 11.9 Å². The Morgan fingerprint density at radius 1 is 1.00 bits per heavy atom. The quantitative estimate of drug-likeness (QED) is 0.355. The molecule has 7 nitrogen and oxygen atoms in total. The van der Waals surface area contributed by atoms with Gasteiger partial charge in [0.2, 0.25) is 11.8 Å². The number of amides is 1. The first-order chi connectivity index (χ1) is 18.6. The van der Waals surface area contributed by atoms with E-state index in [2.05, 4.69) is 45.8 Å². The zero-order chi connectivity index (χ0) is 26.3. The average molecular weight is 511 g/mol. The van der Waals surface area contributed by atoms with Crippen LogP contribution in [0, 0.1) is 0 Å². The van der Waals surface area contributed by atoms with Crippen molar-refractivity contribution in [3.05, 3.63) is 107 Å². The summed E-state index contributed by atoms with van der Waals surface area (Å²) in [6.45, 7) is 5.54. The van der Waals surface area contributed by atoms with E-state index in [1.54, 1.807) is 0 Å². The lowest BCUT2D eigenvalue weighted by atomic mass is 10.0. The van der Waals surface area contributed by atoms with Gasteiger partial charge in [-0.1, -0.05) is 85.7 Å². The van der Waals surface area contributed by atoms with Crippen LogP contribution in [-0.4, -0.2) is 33.6 Å². The summed E-state index contributed by atoms with van der Waals surface area (Å²) in [4.78, 5) is 20.3. The van der Waals surface area contributed by atoms with Crippen molar-refractivity contribution in [2.45, 2.75) is 58.2 Å². The Balaban J connectivity index is 1.46. The van der Waals surface area contributed by atoms with Gasteiger partial charge in [0.15, 0.2) is 5.82 Å². The summed E-state index contributed by atoms with van der Waals surface area (Å²) in [6.07, 6.45) is 1.36. The minimum absolute atomic E-state index is 0.0289. The Bertz CT molecular complexity index is 1350. The number of hydrogen-bond donors (Lipinski definition) is 1. The van der Waals surface area contributed by atoms with Crippen LogP contribution < -0.4 is 10.1 Å². The topological polar surface area (TPSA) is 80.5 Å². The van der Waals surface area contributed by atoms with Gasteiger partial charge < -0.3 is 19.5 Å². The lowest BCUT2D eigenvalue weighted by molar-refractivity contribution is -0.135. The fraction of sp³-hybridized carbons (Fsp3) is 0.323. The fourth-order valence-corrected chi connectivity index (χ4v) is 4.71. The van der Waals surface area contributed by atoms with E-state index >= 15 is 0 Å². The van der Waals surface area contributed by atoms with Crippen molar-refractivity contribution in [1.29, 1.82) is 0 Å². The number of anilines is 1. The molecule has 4 aromatic rings. The third-order valence-corrected chi connectivity index (χ3v) is 6.86. The van der Waals surface area contributed by atoms with Gasteiger partial charge in [-0.2, -0.15) is 4.98 Å². The van der Waals surface area contributed by atoms with Gasteiger partial charge in [0, 0.05) is 43.1 Å². The SMILES string of the molecule is CC(C)c1noc(CCC(=O)N2Cc3ccccc3NCc3ccccc3OC[C@@H]2Cc2ccccc2)n1. The molecule has 0 fully saturated rings. The number of aryl methyl sites for hydroxylation is 1. The monoisotopic (exact) mass is 510 g/mol. The molecule has 0 saturated heterocycles. The maximum atomic E-state index is 13.9. The largest absolute Gasteiger partial charge is 0.491 e. The van der Waals surface area contributed by atoms with Crippen LogP contribution in [0.25, 0.3) is 0 Å². The summed E-state index contributed by atoms with van der Waals surface area (Å²) in [5.41, 5.74) is 4.32. The van der Waals surface area contributed by atoms with E-state index in [9.17, 15) is 4.79 Å². The highest BCUT2D eigenvalue weighted by atomic mass is 16.5. The lowest BCUT2D eigenvalue weighted by Crippen LogP contribution is -2.44. The molecule has 38 heavy (non-hydrogen) atoms. The predicted molar refractivity (Wildman–Crippen MR) is 147 cm³/mol. The van der Waals surface area contributed by atoms with Crippen LogP contribution in [0.1, 0.15) is 54.6 Å². The molecule has 5 rings (SSSR count). The normalized spacial score (nSPS) is 15.6. The molecule has 0 saturated carbocycles. The predicted octanol–water partition coefficient (Wildman–Crippen LogP) is 5.77. The van der Waals surface area contributed by atoms with E-state index in [1.807, 2.05) is 67.3 Å². The number of hydrogen-bond acceptors (Lipinski definition) is 6. The minimum Gasteiger partial charge on any atom is -0.491 e. The average Bonchev–Trinajstić information content (AvgIpc) is 3.42. The number of nitrogens with one attached hydrogen (secondary N) is 1. The number of nitrogens with zero attached hydrogens (tertiary/aromatic N) is 3. The van der Waals surface area contributed by atoms with Gasteiger partial charge in [-0.25, -0.2) is 0 Å². The number of para-hydroxylation sites is 2. The Hall–Kier alpha value is -4.13. The fourth-order valence-electron chi connectivity index (χ4n) is 4.71. The van der Waals surface area contributed by atoms with Crippen LogP contribution >= 0.6 is 0 Å². The second kappa shape index (κ2) is 11.9. The minimum atomic E-state index is -0.168. The van der Waals surface area contributed by atoms with Gasteiger partial charge in [0.25, 0.3) is 0 Å². The van der Waals surface area contributed by atoms with Gasteiger partial charge in [-0.15, -0.1) is 0 Å². The second-order valence-corrected chi connectivity index (χ2v) is 10.00. The van der Waals surface area contributed by atoms with Gasteiger partial charge in [-0.3, -0.25) is 4.79 Å². The smallest absolute Gasteiger partial charge is 0.227 e. The zero-order valence-corrected chi connectivity index (χ0v) is 22.0. The molecule has 1 aromatic heterocycles. The molecule has 2 heterocycles. The number of rotatable bonds is 6. The first-order valence-corrected chi connectivity index (χ1v) is 13.2. The first kappa shape index (κ1) is 25.5. The molecule has 1 aliphatic heterocycles. The third-order valence-electron chi connectivity index (χ3n) is 6.86. The Labute approximate surface area is 223 Å². The van der Waals surface area contributed by atoms with Crippen molar-refractivity contribution in [3.63, 3.8) is 0 Å². The maximum Gasteiger partial charge on any atom is 0.227 e. The number of benzene rings is 3. The highest BCUT2D eigenvalue weighted by Gasteiger charge is 2.27. The number of carbonyl (C=O) groups is 1. The first-order valence-electron chi connectivity index (χ1n) is 13.2. The zero-order valence-electron chi connectivity index (χ0n) is 22.0. The third kappa shape index (κ3) is 6.22. The molecule has 1 aliphatic rings. The molecule has 1 atom stereocenters. The molecule has 1 amide bonds. The van der Waals surface area contributed by atoms with Crippen LogP contribution in [-0.2, 0) is 30.7 Å². The van der Waals surface area contributed by atoms with E-state index < -0.39 is 0 Å². The number of aromatic nitrogens is 2. The van der Waals surface area contributed by atoms with Gasteiger partial charge in [0.05, 0.1) is 6.04 Å². The summed E-state index contributed by atoms with van der Waals surface area (Å²) < 4.78 is 11.8. The van der Waals surface area contributed by atoms with Gasteiger partial charge in [0.1, 0.15) is 12.4 Å². The number of fused-ring (bicyclic) bond motifs is 2. The number of ether oxygens (including phenoxy) is 1. The molecule has 1 N–H and O–H groups in total.